The Morgan fingerprint density at radius 1 is 1.33 bits per heavy atom. The maximum absolute atomic E-state index is 12.0. The van der Waals surface area contributed by atoms with E-state index in [4.69, 9.17) is 4.52 Å². The molecule has 1 saturated heterocycles. The van der Waals surface area contributed by atoms with Gasteiger partial charge in [-0.15, -0.1) is 0 Å². The Morgan fingerprint density at radius 2 is 2.06 bits per heavy atom. The summed E-state index contributed by atoms with van der Waals surface area (Å²) < 4.78 is 40.9. The highest BCUT2D eigenvalue weighted by Gasteiger charge is 2.27. The monoisotopic (exact) mass is 262 g/mol. The van der Waals surface area contributed by atoms with E-state index in [9.17, 15) is 13.2 Å². The lowest BCUT2D eigenvalue weighted by Gasteiger charge is -2.31. The maximum Gasteiger partial charge on any atom is 0.389 e. The highest BCUT2D eigenvalue weighted by molar-refractivity contribution is 5.05. The summed E-state index contributed by atoms with van der Waals surface area (Å²) >= 11 is 0. The SMILES string of the molecule is FC(F)(F)CCCN1CCC(c2ccon2)CC1. The molecule has 102 valence electrons. The van der Waals surface area contributed by atoms with Crippen molar-refractivity contribution in [2.45, 2.75) is 37.8 Å². The third-order valence-electron chi connectivity index (χ3n) is 3.40. The fourth-order valence-corrected chi connectivity index (χ4v) is 2.39. The number of piperidine rings is 1. The van der Waals surface area contributed by atoms with Crippen LogP contribution in [-0.2, 0) is 0 Å². The Hall–Kier alpha value is -1.04. The van der Waals surface area contributed by atoms with Gasteiger partial charge in [0, 0.05) is 18.4 Å². The lowest BCUT2D eigenvalue weighted by Crippen LogP contribution is -2.34. The van der Waals surface area contributed by atoms with Crippen LogP contribution < -0.4 is 0 Å². The molecule has 0 aliphatic carbocycles. The number of alkyl halides is 3. The van der Waals surface area contributed by atoms with Gasteiger partial charge in [0.1, 0.15) is 6.26 Å². The fraction of sp³-hybridized carbons (Fsp3) is 0.750. The number of hydrogen-bond acceptors (Lipinski definition) is 3. The third kappa shape index (κ3) is 4.01. The molecule has 18 heavy (non-hydrogen) atoms. The number of hydrogen-bond donors (Lipinski definition) is 0. The van der Waals surface area contributed by atoms with Crippen molar-refractivity contribution >= 4 is 0 Å². The van der Waals surface area contributed by atoms with Gasteiger partial charge in [0.15, 0.2) is 0 Å². The summed E-state index contributed by atoms with van der Waals surface area (Å²) in [6.07, 6.45) is -1.07. The first-order valence-corrected chi connectivity index (χ1v) is 6.24. The second-order valence-electron chi connectivity index (χ2n) is 4.76. The summed E-state index contributed by atoms with van der Waals surface area (Å²) in [4.78, 5) is 2.10. The van der Waals surface area contributed by atoms with Crippen molar-refractivity contribution in [3.8, 4) is 0 Å². The molecule has 1 aliphatic rings. The van der Waals surface area contributed by atoms with Gasteiger partial charge in [-0.3, -0.25) is 0 Å². The average molecular weight is 262 g/mol. The molecule has 0 spiro atoms. The number of nitrogens with zero attached hydrogens (tertiary/aromatic N) is 2. The zero-order valence-electron chi connectivity index (χ0n) is 10.1. The molecule has 3 nitrogen and oxygen atoms in total. The number of halogens is 3. The Labute approximate surface area is 104 Å². The molecular formula is C12H17F3N2O. The maximum atomic E-state index is 12.0. The average Bonchev–Trinajstić information content (AvgIpc) is 2.82. The van der Waals surface area contributed by atoms with E-state index >= 15 is 0 Å². The van der Waals surface area contributed by atoms with Gasteiger partial charge in [0.25, 0.3) is 0 Å². The van der Waals surface area contributed by atoms with Crippen LogP contribution in [0, 0.1) is 0 Å². The van der Waals surface area contributed by atoms with E-state index in [1.807, 2.05) is 6.07 Å². The summed E-state index contributed by atoms with van der Waals surface area (Å²) in [5, 5.41) is 3.92. The molecule has 0 amide bonds. The topological polar surface area (TPSA) is 29.3 Å². The number of aromatic nitrogens is 1. The number of rotatable bonds is 4. The molecule has 2 rings (SSSR count). The van der Waals surface area contributed by atoms with E-state index in [0.717, 1.165) is 31.6 Å². The van der Waals surface area contributed by atoms with E-state index < -0.39 is 12.6 Å². The normalized spacial score (nSPS) is 19.3. The van der Waals surface area contributed by atoms with Gasteiger partial charge in [-0.2, -0.15) is 13.2 Å². The summed E-state index contributed by atoms with van der Waals surface area (Å²) in [5.74, 6) is 0.391. The molecule has 0 radical (unpaired) electrons. The van der Waals surface area contributed by atoms with Gasteiger partial charge in [0.05, 0.1) is 5.69 Å². The molecule has 1 aromatic heterocycles. The van der Waals surface area contributed by atoms with Crippen molar-refractivity contribution in [2.24, 2.45) is 0 Å². The van der Waals surface area contributed by atoms with Crippen LogP contribution in [0.25, 0.3) is 0 Å². The van der Waals surface area contributed by atoms with Crippen LogP contribution in [0.3, 0.4) is 0 Å². The van der Waals surface area contributed by atoms with Gasteiger partial charge in [0.2, 0.25) is 0 Å². The van der Waals surface area contributed by atoms with Crippen LogP contribution in [0.1, 0.15) is 37.3 Å². The predicted octanol–water partition coefficient (Wildman–Crippen LogP) is 3.20. The molecule has 1 fully saturated rings. The zero-order chi connectivity index (χ0) is 13.0. The van der Waals surface area contributed by atoms with Crippen LogP contribution >= 0.6 is 0 Å². The molecule has 0 saturated carbocycles. The minimum atomic E-state index is -4.03. The van der Waals surface area contributed by atoms with Crippen molar-refractivity contribution in [3.05, 3.63) is 18.0 Å². The van der Waals surface area contributed by atoms with Crippen LogP contribution in [0.2, 0.25) is 0 Å². The molecule has 1 aromatic rings. The Morgan fingerprint density at radius 3 is 2.61 bits per heavy atom. The zero-order valence-corrected chi connectivity index (χ0v) is 10.1. The summed E-state index contributed by atoms with van der Waals surface area (Å²) in [6.45, 7) is 2.22. The quantitative estimate of drug-likeness (QED) is 0.834. The molecular weight excluding hydrogens is 245 g/mol. The summed E-state index contributed by atoms with van der Waals surface area (Å²) in [5.41, 5.74) is 0.963. The van der Waals surface area contributed by atoms with Crippen molar-refractivity contribution in [1.82, 2.24) is 10.1 Å². The minimum absolute atomic E-state index is 0.193. The van der Waals surface area contributed by atoms with Crippen molar-refractivity contribution in [3.63, 3.8) is 0 Å². The van der Waals surface area contributed by atoms with E-state index in [2.05, 4.69) is 10.1 Å². The molecule has 0 unspecified atom stereocenters. The van der Waals surface area contributed by atoms with Crippen molar-refractivity contribution in [2.75, 3.05) is 19.6 Å². The van der Waals surface area contributed by atoms with Gasteiger partial charge in [-0.05, 0) is 38.9 Å². The van der Waals surface area contributed by atoms with E-state index in [0.29, 0.717) is 12.5 Å². The van der Waals surface area contributed by atoms with Crippen LogP contribution in [0.4, 0.5) is 13.2 Å². The van der Waals surface area contributed by atoms with Crippen LogP contribution in [0.15, 0.2) is 16.9 Å². The van der Waals surface area contributed by atoms with E-state index in [-0.39, 0.29) is 6.42 Å². The molecule has 0 N–H and O–H groups in total. The molecule has 0 bridgehead atoms. The second kappa shape index (κ2) is 5.73. The predicted molar refractivity (Wildman–Crippen MR) is 60.2 cm³/mol. The Bertz CT molecular complexity index is 343. The van der Waals surface area contributed by atoms with Crippen molar-refractivity contribution < 1.29 is 17.7 Å². The van der Waals surface area contributed by atoms with Gasteiger partial charge >= 0.3 is 6.18 Å². The molecule has 0 atom stereocenters. The highest BCUT2D eigenvalue weighted by atomic mass is 19.4. The van der Waals surface area contributed by atoms with Gasteiger partial charge < -0.3 is 9.42 Å². The fourth-order valence-electron chi connectivity index (χ4n) is 2.39. The Balaban J connectivity index is 1.68. The molecule has 0 aromatic carbocycles. The first-order chi connectivity index (χ1) is 8.54. The molecule has 6 heteroatoms. The van der Waals surface area contributed by atoms with E-state index in [1.54, 1.807) is 6.26 Å². The van der Waals surface area contributed by atoms with Gasteiger partial charge in [-0.1, -0.05) is 5.16 Å². The summed E-state index contributed by atoms with van der Waals surface area (Å²) in [7, 11) is 0. The first-order valence-electron chi connectivity index (χ1n) is 6.24. The molecule has 1 aliphatic heterocycles. The smallest absolute Gasteiger partial charge is 0.365 e. The van der Waals surface area contributed by atoms with Crippen molar-refractivity contribution in [1.29, 1.82) is 0 Å². The lowest BCUT2D eigenvalue weighted by molar-refractivity contribution is -0.136. The summed E-state index contributed by atoms with van der Waals surface area (Å²) in [6, 6.07) is 1.87. The molecule has 2 heterocycles. The van der Waals surface area contributed by atoms with Crippen LogP contribution in [0.5, 0.6) is 0 Å². The first kappa shape index (κ1) is 13.4. The lowest BCUT2D eigenvalue weighted by atomic mass is 9.93. The van der Waals surface area contributed by atoms with Crippen LogP contribution in [-0.4, -0.2) is 35.9 Å². The second-order valence-corrected chi connectivity index (χ2v) is 4.76. The highest BCUT2D eigenvalue weighted by Crippen LogP contribution is 2.27. The largest absolute Gasteiger partial charge is 0.389 e. The standard InChI is InChI=1S/C12H17F3N2O/c13-12(14,15)5-1-6-17-7-2-10(3-8-17)11-4-9-18-16-11/h4,9-10H,1-3,5-8H2. The minimum Gasteiger partial charge on any atom is -0.365 e. The number of likely N-dealkylation sites (tertiary alicyclic amines) is 1. The van der Waals surface area contributed by atoms with Gasteiger partial charge in [-0.25, -0.2) is 0 Å². The van der Waals surface area contributed by atoms with E-state index in [1.165, 1.54) is 0 Å². The third-order valence-corrected chi connectivity index (χ3v) is 3.40. The Kier molecular flexibility index (Phi) is 4.27.